The Labute approximate surface area is 152 Å². The zero-order valence-electron chi connectivity index (χ0n) is 15.3. The molecule has 0 aliphatic rings. The summed E-state index contributed by atoms with van der Waals surface area (Å²) in [6.45, 7) is 4.73. The van der Waals surface area contributed by atoms with Crippen molar-refractivity contribution in [3.63, 3.8) is 0 Å². The Morgan fingerprint density at radius 3 is 2.65 bits per heavy atom. The molecule has 0 bridgehead atoms. The molecule has 134 valence electrons. The Morgan fingerprint density at radius 2 is 1.92 bits per heavy atom. The molecule has 0 aliphatic carbocycles. The first-order valence-electron chi connectivity index (χ1n) is 8.56. The molecule has 0 spiro atoms. The van der Waals surface area contributed by atoms with Crippen LogP contribution in [0.4, 0.5) is 0 Å². The highest BCUT2D eigenvalue weighted by Crippen LogP contribution is 2.16. The van der Waals surface area contributed by atoms with Crippen molar-refractivity contribution in [2.75, 3.05) is 7.05 Å². The topological polar surface area (TPSA) is 72.1 Å². The van der Waals surface area contributed by atoms with Crippen molar-refractivity contribution in [1.82, 2.24) is 20.0 Å². The monoisotopic (exact) mass is 350 g/mol. The summed E-state index contributed by atoms with van der Waals surface area (Å²) in [5.41, 5.74) is 4.42. The molecule has 2 aromatic heterocycles. The number of pyridine rings is 1. The van der Waals surface area contributed by atoms with Crippen molar-refractivity contribution >= 4 is 5.91 Å². The highest BCUT2D eigenvalue weighted by molar-refractivity contribution is 5.76. The average molecular weight is 350 g/mol. The van der Waals surface area contributed by atoms with Gasteiger partial charge in [-0.25, -0.2) is 0 Å². The number of rotatable bonds is 6. The normalized spacial score (nSPS) is 10.7. The van der Waals surface area contributed by atoms with Crippen molar-refractivity contribution in [3.05, 3.63) is 65.3 Å². The fraction of sp³-hybridized carbons (Fsp3) is 0.300. The fourth-order valence-electron chi connectivity index (χ4n) is 2.75. The number of nitrogens with zero attached hydrogens (tertiary/aromatic N) is 4. The van der Waals surface area contributed by atoms with Gasteiger partial charge in [0.1, 0.15) is 0 Å². The number of carbonyl (C=O) groups is 1. The van der Waals surface area contributed by atoms with Crippen molar-refractivity contribution in [3.8, 4) is 11.4 Å². The largest absolute Gasteiger partial charge is 0.341 e. The van der Waals surface area contributed by atoms with Crippen LogP contribution in [0.25, 0.3) is 11.4 Å². The molecule has 0 aliphatic heterocycles. The summed E-state index contributed by atoms with van der Waals surface area (Å²) in [5.74, 6) is 1.03. The van der Waals surface area contributed by atoms with Gasteiger partial charge in [0.25, 0.3) is 0 Å². The molecule has 6 nitrogen and oxygen atoms in total. The van der Waals surface area contributed by atoms with Crippen LogP contribution in [-0.4, -0.2) is 33.0 Å². The molecule has 0 radical (unpaired) electrons. The highest BCUT2D eigenvalue weighted by atomic mass is 16.5. The van der Waals surface area contributed by atoms with Crippen molar-refractivity contribution < 1.29 is 9.32 Å². The molecule has 26 heavy (non-hydrogen) atoms. The van der Waals surface area contributed by atoms with E-state index in [1.165, 1.54) is 11.1 Å². The third-order valence-electron chi connectivity index (χ3n) is 4.29. The van der Waals surface area contributed by atoms with E-state index in [0.29, 0.717) is 31.1 Å². The van der Waals surface area contributed by atoms with Crippen molar-refractivity contribution in [2.24, 2.45) is 0 Å². The van der Waals surface area contributed by atoms with Crippen molar-refractivity contribution in [1.29, 1.82) is 0 Å². The van der Waals surface area contributed by atoms with E-state index in [-0.39, 0.29) is 5.91 Å². The highest BCUT2D eigenvalue weighted by Gasteiger charge is 2.14. The Hall–Kier alpha value is -3.02. The minimum atomic E-state index is 0.0497. The Balaban J connectivity index is 1.56. The van der Waals surface area contributed by atoms with Gasteiger partial charge in [-0.15, -0.1) is 0 Å². The molecule has 0 fully saturated rings. The van der Waals surface area contributed by atoms with Crippen LogP contribution in [0.2, 0.25) is 0 Å². The summed E-state index contributed by atoms with van der Waals surface area (Å²) in [6.07, 6.45) is 4.11. The Morgan fingerprint density at radius 1 is 1.15 bits per heavy atom. The van der Waals surface area contributed by atoms with E-state index >= 15 is 0 Å². The number of hydrogen-bond acceptors (Lipinski definition) is 5. The van der Waals surface area contributed by atoms with Gasteiger partial charge in [0.15, 0.2) is 0 Å². The second-order valence-electron chi connectivity index (χ2n) is 6.43. The van der Waals surface area contributed by atoms with Gasteiger partial charge >= 0.3 is 0 Å². The quantitative estimate of drug-likeness (QED) is 0.682. The lowest BCUT2D eigenvalue weighted by Crippen LogP contribution is -2.26. The number of hydrogen-bond donors (Lipinski definition) is 0. The minimum absolute atomic E-state index is 0.0497. The molecule has 0 unspecified atom stereocenters. The summed E-state index contributed by atoms with van der Waals surface area (Å²) in [6, 6.07) is 9.91. The average Bonchev–Trinajstić information content (AvgIpc) is 3.11. The van der Waals surface area contributed by atoms with Gasteiger partial charge in [-0.05, 0) is 37.1 Å². The lowest BCUT2D eigenvalue weighted by Gasteiger charge is -2.18. The van der Waals surface area contributed by atoms with Crippen LogP contribution >= 0.6 is 0 Å². The molecule has 6 heteroatoms. The Bertz CT molecular complexity index is 890. The van der Waals surface area contributed by atoms with E-state index in [1.54, 1.807) is 17.3 Å². The van der Waals surface area contributed by atoms with Crippen LogP contribution < -0.4 is 0 Å². The van der Waals surface area contributed by atoms with Gasteiger partial charge in [0, 0.05) is 44.4 Å². The summed E-state index contributed by atoms with van der Waals surface area (Å²) in [7, 11) is 1.82. The predicted octanol–water partition coefficient (Wildman–Crippen LogP) is 3.34. The van der Waals surface area contributed by atoms with E-state index in [4.69, 9.17) is 4.52 Å². The van der Waals surface area contributed by atoms with Gasteiger partial charge in [0.05, 0.1) is 0 Å². The first-order valence-corrected chi connectivity index (χ1v) is 8.56. The number of benzene rings is 1. The molecule has 0 atom stereocenters. The SMILES string of the molecule is Cc1ccc(CN(C)C(=O)CCc2nc(-c3ccncc3)no2)c(C)c1. The predicted molar refractivity (Wildman–Crippen MR) is 98.2 cm³/mol. The van der Waals surface area contributed by atoms with Gasteiger partial charge in [-0.2, -0.15) is 4.98 Å². The molecule has 1 aromatic carbocycles. The number of carbonyl (C=O) groups excluding carboxylic acids is 1. The van der Waals surface area contributed by atoms with Crippen LogP contribution in [0.3, 0.4) is 0 Å². The summed E-state index contributed by atoms with van der Waals surface area (Å²) < 4.78 is 5.25. The van der Waals surface area contributed by atoms with Crippen LogP contribution in [0, 0.1) is 13.8 Å². The van der Waals surface area contributed by atoms with Crippen LogP contribution in [-0.2, 0) is 17.8 Å². The number of aryl methyl sites for hydroxylation is 3. The first-order chi connectivity index (χ1) is 12.5. The van der Waals surface area contributed by atoms with E-state index in [2.05, 4.69) is 47.2 Å². The zero-order valence-corrected chi connectivity index (χ0v) is 15.3. The molecule has 3 rings (SSSR count). The fourth-order valence-corrected chi connectivity index (χ4v) is 2.75. The second kappa shape index (κ2) is 7.91. The molecule has 0 saturated carbocycles. The van der Waals surface area contributed by atoms with Gasteiger partial charge in [-0.3, -0.25) is 9.78 Å². The maximum Gasteiger partial charge on any atom is 0.227 e. The van der Waals surface area contributed by atoms with Crippen LogP contribution in [0.5, 0.6) is 0 Å². The molecular weight excluding hydrogens is 328 g/mol. The zero-order chi connectivity index (χ0) is 18.5. The summed E-state index contributed by atoms with van der Waals surface area (Å²) in [5, 5.41) is 3.96. The van der Waals surface area contributed by atoms with Gasteiger partial charge in [0.2, 0.25) is 17.6 Å². The molecule has 3 aromatic rings. The third-order valence-corrected chi connectivity index (χ3v) is 4.29. The first kappa shape index (κ1) is 17.8. The van der Waals surface area contributed by atoms with E-state index in [1.807, 2.05) is 19.2 Å². The minimum Gasteiger partial charge on any atom is -0.341 e. The van der Waals surface area contributed by atoms with E-state index in [0.717, 1.165) is 11.1 Å². The standard InChI is InChI=1S/C20H22N4O2/c1-14-4-5-17(15(2)12-14)13-24(3)19(25)7-6-18-22-20(23-26-18)16-8-10-21-11-9-16/h4-5,8-12H,6-7,13H2,1-3H3. The maximum absolute atomic E-state index is 12.4. The Kier molecular flexibility index (Phi) is 5.41. The lowest BCUT2D eigenvalue weighted by molar-refractivity contribution is -0.130. The second-order valence-corrected chi connectivity index (χ2v) is 6.43. The van der Waals surface area contributed by atoms with Crippen LogP contribution in [0.1, 0.15) is 29.0 Å². The molecular formula is C20H22N4O2. The van der Waals surface area contributed by atoms with E-state index in [9.17, 15) is 4.79 Å². The number of aromatic nitrogens is 3. The van der Waals surface area contributed by atoms with E-state index < -0.39 is 0 Å². The van der Waals surface area contributed by atoms with Gasteiger partial charge < -0.3 is 9.42 Å². The molecule has 0 N–H and O–H groups in total. The lowest BCUT2D eigenvalue weighted by atomic mass is 10.1. The molecule has 0 saturated heterocycles. The van der Waals surface area contributed by atoms with Crippen LogP contribution in [0.15, 0.2) is 47.2 Å². The summed E-state index contributed by atoms with van der Waals surface area (Å²) >= 11 is 0. The maximum atomic E-state index is 12.4. The molecule has 1 amide bonds. The molecule has 2 heterocycles. The van der Waals surface area contributed by atoms with Gasteiger partial charge in [-0.1, -0.05) is 28.9 Å². The third kappa shape index (κ3) is 4.33. The van der Waals surface area contributed by atoms with Crippen molar-refractivity contribution in [2.45, 2.75) is 33.2 Å². The smallest absolute Gasteiger partial charge is 0.227 e. The summed E-state index contributed by atoms with van der Waals surface area (Å²) in [4.78, 5) is 22.4. The number of amides is 1.